The molecule has 0 saturated heterocycles. The number of rotatable bonds is 3. The van der Waals surface area contributed by atoms with Crippen LogP contribution in [0, 0.1) is 0 Å². The molecule has 22 heavy (non-hydrogen) atoms. The van der Waals surface area contributed by atoms with Gasteiger partial charge in [0.2, 0.25) is 0 Å². The second-order valence-corrected chi connectivity index (χ2v) is 6.91. The fraction of sp³-hybridized carbons (Fsp3) is 0.632. The highest BCUT2D eigenvalue weighted by Crippen LogP contribution is 2.25. The van der Waals surface area contributed by atoms with Gasteiger partial charge in [-0.25, -0.2) is 4.79 Å². The summed E-state index contributed by atoms with van der Waals surface area (Å²) in [6.07, 6.45) is 11.0. The van der Waals surface area contributed by atoms with Gasteiger partial charge in [0.25, 0.3) is 0 Å². The standard InChI is InChI=1S/C19H28N2O/c1-14(20-19(22)21-18-9-3-2-4-10-18)16-12-11-15-7-5-6-8-17(15)13-16/h11-14,18H,2-10H2,1H3,(H2,20,21,22)/t14-/m0/s1. The largest absolute Gasteiger partial charge is 0.335 e. The van der Waals surface area contributed by atoms with Crippen molar-refractivity contribution in [3.05, 3.63) is 34.9 Å². The van der Waals surface area contributed by atoms with Gasteiger partial charge in [-0.1, -0.05) is 37.5 Å². The molecule has 0 radical (unpaired) electrons. The number of carbonyl (C=O) groups is 1. The quantitative estimate of drug-likeness (QED) is 0.860. The number of nitrogens with one attached hydrogen (secondary N) is 2. The fourth-order valence-corrected chi connectivity index (χ4v) is 3.78. The molecule has 1 atom stereocenters. The molecule has 1 fully saturated rings. The van der Waals surface area contributed by atoms with Gasteiger partial charge in [0.15, 0.2) is 0 Å². The van der Waals surface area contributed by atoms with Crippen molar-refractivity contribution in [3.63, 3.8) is 0 Å². The van der Waals surface area contributed by atoms with E-state index >= 15 is 0 Å². The number of hydrogen-bond acceptors (Lipinski definition) is 1. The average Bonchev–Trinajstić information content (AvgIpc) is 2.55. The number of hydrogen-bond donors (Lipinski definition) is 2. The normalized spacial score (nSPS) is 20.0. The lowest BCUT2D eigenvalue weighted by Gasteiger charge is -2.25. The molecular formula is C19H28N2O. The van der Waals surface area contributed by atoms with E-state index in [0.29, 0.717) is 6.04 Å². The van der Waals surface area contributed by atoms with Gasteiger partial charge >= 0.3 is 6.03 Å². The van der Waals surface area contributed by atoms with Crippen LogP contribution in [0.2, 0.25) is 0 Å². The van der Waals surface area contributed by atoms with Crippen molar-refractivity contribution in [2.24, 2.45) is 0 Å². The molecule has 1 aromatic rings. The van der Waals surface area contributed by atoms with Crippen LogP contribution in [0.5, 0.6) is 0 Å². The molecule has 1 saturated carbocycles. The Morgan fingerprint density at radius 3 is 2.55 bits per heavy atom. The van der Waals surface area contributed by atoms with Crippen molar-refractivity contribution >= 4 is 6.03 Å². The van der Waals surface area contributed by atoms with E-state index in [1.54, 1.807) is 0 Å². The molecular weight excluding hydrogens is 272 g/mol. The predicted octanol–water partition coefficient (Wildman–Crippen LogP) is 4.26. The van der Waals surface area contributed by atoms with Crippen LogP contribution >= 0.6 is 0 Å². The van der Waals surface area contributed by atoms with Gasteiger partial charge in [0.05, 0.1) is 6.04 Å². The summed E-state index contributed by atoms with van der Waals surface area (Å²) >= 11 is 0. The molecule has 2 amide bonds. The Morgan fingerprint density at radius 1 is 1.05 bits per heavy atom. The van der Waals surface area contributed by atoms with Gasteiger partial charge in [-0.05, 0) is 62.1 Å². The molecule has 2 aliphatic rings. The molecule has 0 spiro atoms. The Labute approximate surface area is 133 Å². The minimum Gasteiger partial charge on any atom is -0.335 e. The Kier molecular flexibility index (Phi) is 5.01. The van der Waals surface area contributed by atoms with Gasteiger partial charge in [0.1, 0.15) is 0 Å². The first-order chi connectivity index (χ1) is 10.7. The van der Waals surface area contributed by atoms with Gasteiger partial charge in [-0.15, -0.1) is 0 Å². The molecule has 1 aromatic carbocycles. The monoisotopic (exact) mass is 300 g/mol. The minimum atomic E-state index is -0.0166. The molecule has 0 heterocycles. The van der Waals surface area contributed by atoms with Crippen molar-refractivity contribution in [2.75, 3.05) is 0 Å². The van der Waals surface area contributed by atoms with Crippen LogP contribution in [0.4, 0.5) is 4.79 Å². The Bertz CT molecular complexity index is 520. The van der Waals surface area contributed by atoms with Crippen LogP contribution < -0.4 is 10.6 Å². The third-order valence-electron chi connectivity index (χ3n) is 5.16. The zero-order valence-electron chi connectivity index (χ0n) is 13.7. The van der Waals surface area contributed by atoms with E-state index in [2.05, 4.69) is 35.8 Å². The summed E-state index contributed by atoms with van der Waals surface area (Å²) in [5.41, 5.74) is 4.19. The Balaban J connectivity index is 1.56. The van der Waals surface area contributed by atoms with Crippen LogP contribution in [-0.4, -0.2) is 12.1 Å². The predicted molar refractivity (Wildman–Crippen MR) is 90.0 cm³/mol. The molecule has 0 aliphatic heterocycles. The van der Waals surface area contributed by atoms with Gasteiger partial charge in [-0.3, -0.25) is 0 Å². The van der Waals surface area contributed by atoms with Crippen LogP contribution in [0.15, 0.2) is 18.2 Å². The SMILES string of the molecule is C[C@H](NC(=O)NC1CCCCC1)c1ccc2c(c1)CCCC2. The summed E-state index contributed by atoms with van der Waals surface area (Å²) in [7, 11) is 0. The summed E-state index contributed by atoms with van der Waals surface area (Å²) < 4.78 is 0. The topological polar surface area (TPSA) is 41.1 Å². The first kappa shape index (κ1) is 15.4. The lowest BCUT2D eigenvalue weighted by molar-refractivity contribution is 0.229. The minimum absolute atomic E-state index is 0.0166. The van der Waals surface area contributed by atoms with Crippen molar-refractivity contribution in [3.8, 4) is 0 Å². The van der Waals surface area contributed by atoms with E-state index in [4.69, 9.17) is 0 Å². The lowest BCUT2D eigenvalue weighted by Crippen LogP contribution is -2.43. The highest BCUT2D eigenvalue weighted by molar-refractivity contribution is 5.74. The smallest absolute Gasteiger partial charge is 0.315 e. The molecule has 2 N–H and O–H groups in total. The van der Waals surface area contributed by atoms with Crippen molar-refractivity contribution < 1.29 is 4.79 Å². The number of aryl methyl sites for hydroxylation is 2. The fourth-order valence-electron chi connectivity index (χ4n) is 3.78. The second kappa shape index (κ2) is 7.17. The summed E-state index contributed by atoms with van der Waals surface area (Å²) in [5.74, 6) is 0. The van der Waals surface area contributed by atoms with Crippen LogP contribution in [0.3, 0.4) is 0 Å². The van der Waals surface area contributed by atoms with Crippen LogP contribution in [0.1, 0.15) is 74.6 Å². The van der Waals surface area contributed by atoms with E-state index in [9.17, 15) is 4.79 Å². The van der Waals surface area contributed by atoms with Crippen molar-refractivity contribution in [1.29, 1.82) is 0 Å². The van der Waals surface area contributed by atoms with E-state index in [0.717, 1.165) is 12.8 Å². The molecule has 0 aromatic heterocycles. The summed E-state index contributed by atoms with van der Waals surface area (Å²) in [6.45, 7) is 2.07. The maximum atomic E-state index is 12.2. The first-order valence-corrected chi connectivity index (χ1v) is 8.91. The number of benzene rings is 1. The molecule has 3 nitrogen and oxygen atoms in total. The van der Waals surface area contributed by atoms with Gasteiger partial charge in [-0.2, -0.15) is 0 Å². The molecule has 3 rings (SSSR count). The van der Waals surface area contributed by atoms with Crippen LogP contribution in [-0.2, 0) is 12.8 Å². The van der Waals surface area contributed by atoms with Crippen molar-refractivity contribution in [2.45, 2.75) is 76.8 Å². The number of urea groups is 1. The van der Waals surface area contributed by atoms with E-state index in [1.165, 1.54) is 61.6 Å². The van der Waals surface area contributed by atoms with E-state index in [-0.39, 0.29) is 12.1 Å². The van der Waals surface area contributed by atoms with Crippen LogP contribution in [0.25, 0.3) is 0 Å². The van der Waals surface area contributed by atoms with Gasteiger partial charge in [0, 0.05) is 6.04 Å². The molecule has 120 valence electrons. The van der Waals surface area contributed by atoms with E-state index in [1.807, 2.05) is 0 Å². The number of carbonyl (C=O) groups excluding carboxylic acids is 1. The third kappa shape index (κ3) is 3.82. The Hall–Kier alpha value is -1.51. The van der Waals surface area contributed by atoms with Crippen molar-refractivity contribution in [1.82, 2.24) is 10.6 Å². The number of amides is 2. The Morgan fingerprint density at radius 2 is 1.77 bits per heavy atom. The van der Waals surface area contributed by atoms with E-state index < -0.39 is 0 Å². The zero-order chi connectivity index (χ0) is 15.4. The average molecular weight is 300 g/mol. The molecule has 3 heteroatoms. The third-order valence-corrected chi connectivity index (χ3v) is 5.16. The molecule has 2 aliphatic carbocycles. The first-order valence-electron chi connectivity index (χ1n) is 8.91. The summed E-state index contributed by atoms with van der Waals surface area (Å²) in [5, 5.41) is 6.23. The lowest BCUT2D eigenvalue weighted by atomic mass is 9.89. The van der Waals surface area contributed by atoms with Gasteiger partial charge < -0.3 is 10.6 Å². The summed E-state index contributed by atoms with van der Waals surface area (Å²) in [4.78, 5) is 12.2. The maximum absolute atomic E-state index is 12.2. The number of fused-ring (bicyclic) bond motifs is 1. The highest BCUT2D eigenvalue weighted by atomic mass is 16.2. The zero-order valence-corrected chi connectivity index (χ0v) is 13.7. The highest BCUT2D eigenvalue weighted by Gasteiger charge is 2.18. The molecule has 0 bridgehead atoms. The maximum Gasteiger partial charge on any atom is 0.315 e. The summed E-state index contributed by atoms with van der Waals surface area (Å²) in [6, 6.07) is 7.13. The second-order valence-electron chi connectivity index (χ2n) is 6.91. The molecule has 0 unspecified atom stereocenters.